The van der Waals surface area contributed by atoms with Gasteiger partial charge in [0.2, 0.25) is 5.91 Å². The van der Waals surface area contributed by atoms with Crippen molar-refractivity contribution in [1.29, 1.82) is 0 Å². The zero-order valence-corrected chi connectivity index (χ0v) is 11.3. The normalized spacial score (nSPS) is 29.4. The van der Waals surface area contributed by atoms with Gasteiger partial charge >= 0.3 is 0 Å². The number of likely N-dealkylation sites (tertiary alicyclic amines) is 1. The van der Waals surface area contributed by atoms with Crippen molar-refractivity contribution in [3.63, 3.8) is 0 Å². The first kappa shape index (κ1) is 12.1. The molecule has 2 atom stereocenters. The van der Waals surface area contributed by atoms with Crippen molar-refractivity contribution in [3.8, 4) is 0 Å². The second-order valence-electron chi connectivity index (χ2n) is 5.35. The Morgan fingerprint density at radius 1 is 1.44 bits per heavy atom. The van der Waals surface area contributed by atoms with Crippen molar-refractivity contribution in [2.45, 2.75) is 25.8 Å². The highest BCUT2D eigenvalue weighted by Gasteiger charge is 2.32. The van der Waals surface area contributed by atoms with E-state index in [-0.39, 0.29) is 5.91 Å². The average Bonchev–Trinajstić information content (AvgIpc) is 2.78. The van der Waals surface area contributed by atoms with Crippen LogP contribution in [0.15, 0.2) is 11.7 Å². The Kier molecular flexibility index (Phi) is 3.61. The van der Waals surface area contributed by atoms with Crippen LogP contribution in [0.4, 0.5) is 0 Å². The van der Waals surface area contributed by atoms with Gasteiger partial charge in [-0.25, -0.2) is 0 Å². The van der Waals surface area contributed by atoms with E-state index in [9.17, 15) is 4.79 Å². The summed E-state index contributed by atoms with van der Waals surface area (Å²) in [5.41, 5.74) is 1.90. The molecule has 2 fully saturated rings. The van der Waals surface area contributed by atoms with E-state index in [1.54, 1.807) is 11.3 Å². The molecule has 2 aliphatic rings. The number of carbonyl (C=O) groups is 1. The van der Waals surface area contributed by atoms with Gasteiger partial charge in [0.1, 0.15) is 0 Å². The maximum absolute atomic E-state index is 11.5. The topological polar surface area (TPSA) is 45.2 Å². The molecule has 2 unspecified atom stereocenters. The smallest absolute Gasteiger partial charge is 0.220 e. The second-order valence-corrected chi connectivity index (χ2v) is 6.33. The Morgan fingerprint density at radius 3 is 3.22 bits per heavy atom. The van der Waals surface area contributed by atoms with Crippen LogP contribution in [0.5, 0.6) is 0 Å². The Labute approximate surface area is 111 Å². The SMILES string of the molecule is O=C1CC2CCN(Cc3cncs3)CC2CCN1. The Bertz CT molecular complexity index is 406. The van der Waals surface area contributed by atoms with Gasteiger partial charge in [-0.3, -0.25) is 14.7 Å². The average molecular weight is 265 g/mol. The highest BCUT2D eigenvalue weighted by atomic mass is 32.1. The quantitative estimate of drug-likeness (QED) is 0.881. The van der Waals surface area contributed by atoms with Crippen molar-refractivity contribution >= 4 is 17.2 Å². The Balaban J connectivity index is 1.60. The van der Waals surface area contributed by atoms with Crippen LogP contribution in [0.3, 0.4) is 0 Å². The third-order valence-corrected chi connectivity index (χ3v) is 4.89. The third kappa shape index (κ3) is 2.72. The van der Waals surface area contributed by atoms with Crippen LogP contribution in [0, 0.1) is 11.8 Å². The van der Waals surface area contributed by atoms with E-state index < -0.39 is 0 Å². The van der Waals surface area contributed by atoms with Gasteiger partial charge in [0.15, 0.2) is 0 Å². The van der Waals surface area contributed by atoms with Crippen LogP contribution >= 0.6 is 11.3 Å². The van der Waals surface area contributed by atoms with Gasteiger partial charge in [0.05, 0.1) is 5.51 Å². The van der Waals surface area contributed by atoms with Crippen molar-refractivity contribution in [2.75, 3.05) is 19.6 Å². The van der Waals surface area contributed by atoms with Gasteiger partial charge in [-0.15, -0.1) is 11.3 Å². The summed E-state index contributed by atoms with van der Waals surface area (Å²) in [5, 5.41) is 3.00. The summed E-state index contributed by atoms with van der Waals surface area (Å²) in [6, 6.07) is 0. The first-order valence-electron chi connectivity index (χ1n) is 6.67. The van der Waals surface area contributed by atoms with Gasteiger partial charge < -0.3 is 5.32 Å². The van der Waals surface area contributed by atoms with E-state index in [0.717, 1.165) is 45.4 Å². The molecule has 5 heteroatoms. The van der Waals surface area contributed by atoms with E-state index in [1.165, 1.54) is 4.88 Å². The zero-order chi connectivity index (χ0) is 12.4. The van der Waals surface area contributed by atoms with Crippen LogP contribution in [0.2, 0.25) is 0 Å². The van der Waals surface area contributed by atoms with Crippen LogP contribution in [0.1, 0.15) is 24.1 Å². The Morgan fingerprint density at radius 2 is 2.39 bits per heavy atom. The van der Waals surface area contributed by atoms with Gasteiger partial charge in [0.25, 0.3) is 0 Å². The molecule has 3 heterocycles. The molecule has 4 nitrogen and oxygen atoms in total. The molecule has 0 aromatic carbocycles. The van der Waals surface area contributed by atoms with Gasteiger partial charge in [0, 0.05) is 37.1 Å². The van der Waals surface area contributed by atoms with Crippen molar-refractivity contribution in [1.82, 2.24) is 15.2 Å². The molecule has 2 saturated heterocycles. The fourth-order valence-corrected chi connectivity index (χ4v) is 3.78. The molecule has 1 aromatic rings. The number of hydrogen-bond donors (Lipinski definition) is 1. The van der Waals surface area contributed by atoms with Crippen molar-refractivity contribution in [2.24, 2.45) is 11.8 Å². The number of amides is 1. The lowest BCUT2D eigenvalue weighted by molar-refractivity contribution is -0.121. The predicted octanol–water partition coefficient (Wildman–Crippen LogP) is 1.49. The molecule has 0 aliphatic carbocycles. The van der Waals surface area contributed by atoms with Crippen LogP contribution in [-0.2, 0) is 11.3 Å². The fourth-order valence-electron chi connectivity index (χ4n) is 3.14. The minimum Gasteiger partial charge on any atom is -0.356 e. The number of piperidine rings is 1. The van der Waals surface area contributed by atoms with Gasteiger partial charge in [-0.2, -0.15) is 0 Å². The second kappa shape index (κ2) is 5.36. The molecule has 0 saturated carbocycles. The number of hydrogen-bond acceptors (Lipinski definition) is 4. The third-order valence-electron chi connectivity index (χ3n) is 4.12. The van der Waals surface area contributed by atoms with Crippen LogP contribution < -0.4 is 5.32 Å². The summed E-state index contributed by atoms with van der Waals surface area (Å²) < 4.78 is 0. The van der Waals surface area contributed by atoms with E-state index in [2.05, 4.69) is 15.2 Å². The van der Waals surface area contributed by atoms with Gasteiger partial charge in [-0.1, -0.05) is 0 Å². The monoisotopic (exact) mass is 265 g/mol. The summed E-state index contributed by atoms with van der Waals surface area (Å²) in [6.45, 7) is 4.13. The highest BCUT2D eigenvalue weighted by Crippen LogP contribution is 2.31. The standard InChI is InChI=1S/C13H19N3OS/c17-13-5-10-2-4-16(7-11(10)1-3-15-13)8-12-6-14-9-18-12/h6,9-11H,1-5,7-8H2,(H,15,17). The van der Waals surface area contributed by atoms with E-state index in [4.69, 9.17) is 0 Å². The predicted molar refractivity (Wildman–Crippen MR) is 71.2 cm³/mol. The first-order valence-corrected chi connectivity index (χ1v) is 7.55. The molecule has 0 spiro atoms. The molecule has 2 aliphatic heterocycles. The number of fused-ring (bicyclic) bond motifs is 1. The summed E-state index contributed by atoms with van der Waals surface area (Å²) in [4.78, 5) is 19.5. The highest BCUT2D eigenvalue weighted by molar-refractivity contribution is 7.09. The molecule has 0 radical (unpaired) electrons. The molecule has 3 rings (SSSR count). The van der Waals surface area contributed by atoms with E-state index in [0.29, 0.717) is 11.8 Å². The van der Waals surface area contributed by atoms with Crippen molar-refractivity contribution < 1.29 is 4.79 Å². The summed E-state index contributed by atoms with van der Waals surface area (Å²) in [7, 11) is 0. The first-order chi connectivity index (χ1) is 8.81. The minimum atomic E-state index is 0.249. The summed E-state index contributed by atoms with van der Waals surface area (Å²) in [6.07, 6.45) is 5.00. The number of thiazole rings is 1. The number of rotatable bonds is 2. The minimum absolute atomic E-state index is 0.249. The molecular weight excluding hydrogens is 246 g/mol. The molecule has 18 heavy (non-hydrogen) atoms. The van der Waals surface area contributed by atoms with Gasteiger partial charge in [-0.05, 0) is 31.2 Å². The summed E-state index contributed by atoms with van der Waals surface area (Å²) >= 11 is 1.73. The van der Waals surface area contributed by atoms with E-state index >= 15 is 0 Å². The van der Waals surface area contributed by atoms with E-state index in [1.807, 2.05) is 11.7 Å². The maximum Gasteiger partial charge on any atom is 0.220 e. The number of nitrogens with zero attached hydrogens (tertiary/aromatic N) is 2. The molecule has 1 N–H and O–H groups in total. The number of aromatic nitrogens is 1. The lowest BCUT2D eigenvalue weighted by atomic mass is 9.82. The summed E-state index contributed by atoms with van der Waals surface area (Å²) in [5.74, 6) is 1.54. The fraction of sp³-hybridized carbons (Fsp3) is 0.692. The van der Waals surface area contributed by atoms with Crippen LogP contribution in [-0.4, -0.2) is 35.4 Å². The largest absolute Gasteiger partial charge is 0.356 e. The molecule has 0 bridgehead atoms. The number of nitrogens with one attached hydrogen (secondary N) is 1. The van der Waals surface area contributed by atoms with Crippen LogP contribution in [0.25, 0.3) is 0 Å². The molecule has 1 amide bonds. The Hall–Kier alpha value is -0.940. The molecule has 98 valence electrons. The zero-order valence-electron chi connectivity index (χ0n) is 10.5. The number of carbonyl (C=O) groups excluding carboxylic acids is 1. The molecule has 1 aromatic heterocycles. The van der Waals surface area contributed by atoms with Crippen molar-refractivity contribution in [3.05, 3.63) is 16.6 Å². The maximum atomic E-state index is 11.5. The lowest BCUT2D eigenvalue weighted by Gasteiger charge is -2.37. The lowest BCUT2D eigenvalue weighted by Crippen LogP contribution is -2.40. The molecular formula is C13H19N3OS.